The molecule has 0 bridgehead atoms. The summed E-state index contributed by atoms with van der Waals surface area (Å²) < 4.78 is 0. The third kappa shape index (κ3) is 4.16. The van der Waals surface area contributed by atoms with Gasteiger partial charge in [0.25, 0.3) is 0 Å². The summed E-state index contributed by atoms with van der Waals surface area (Å²) >= 11 is 0. The molecule has 0 radical (unpaired) electrons. The van der Waals surface area contributed by atoms with Crippen LogP contribution in [0.25, 0.3) is 0 Å². The molecule has 1 atom stereocenters. The Kier molecular flexibility index (Phi) is 9.31. The van der Waals surface area contributed by atoms with Crippen LogP contribution in [-0.4, -0.2) is 0 Å². The first kappa shape index (κ1) is 10.3. The first-order valence-corrected chi connectivity index (χ1v) is 1.67. The van der Waals surface area contributed by atoms with Gasteiger partial charge in [-0.1, -0.05) is 0 Å². The number of hydrogen-bond donors (Lipinski definition) is 0. The van der Waals surface area contributed by atoms with Crippen LogP contribution < -0.4 is 0 Å². The van der Waals surface area contributed by atoms with Crippen molar-refractivity contribution >= 4 is 9.90 Å². The molecule has 0 heterocycles. The van der Waals surface area contributed by atoms with Crippen molar-refractivity contribution in [3.63, 3.8) is 0 Å². The predicted octanol–water partition coefficient (Wildman–Crippen LogP) is 1.46. The summed E-state index contributed by atoms with van der Waals surface area (Å²) in [5, 5.41) is 0. The molecule has 0 aliphatic carbocycles. The van der Waals surface area contributed by atoms with E-state index in [4.69, 9.17) is 0 Å². The fourth-order valence-electron chi connectivity index (χ4n) is 0.321. The standard InChI is InChI=1S/C5H5.Cr.H3P/c1-2-4-5-3-1;;/h1-5H;;1H3/q-1;;. The molecule has 7 heavy (non-hydrogen) atoms. The molecule has 1 rings (SSSR count). The van der Waals surface area contributed by atoms with Gasteiger partial charge in [0.1, 0.15) is 0 Å². The van der Waals surface area contributed by atoms with Crippen LogP contribution >= 0.6 is 9.90 Å². The van der Waals surface area contributed by atoms with Gasteiger partial charge in [0.05, 0.1) is 0 Å². The molecule has 0 saturated heterocycles. The molecular weight excluding hydrogens is 143 g/mol. The van der Waals surface area contributed by atoms with Crippen molar-refractivity contribution in [1.29, 1.82) is 0 Å². The van der Waals surface area contributed by atoms with E-state index in [1.807, 2.05) is 30.3 Å². The van der Waals surface area contributed by atoms with Gasteiger partial charge in [-0.3, -0.25) is 0 Å². The van der Waals surface area contributed by atoms with Crippen molar-refractivity contribution in [3.05, 3.63) is 30.3 Å². The Hall–Kier alpha value is 0.312. The Morgan fingerprint density at radius 1 is 1.00 bits per heavy atom. The second-order valence-corrected chi connectivity index (χ2v) is 0.962. The molecule has 1 unspecified atom stereocenters. The summed E-state index contributed by atoms with van der Waals surface area (Å²) in [7, 11) is 0. The molecule has 0 N–H and O–H groups in total. The zero-order valence-electron chi connectivity index (χ0n) is 4.00. The van der Waals surface area contributed by atoms with E-state index in [1.54, 1.807) is 0 Å². The Morgan fingerprint density at radius 2 is 1.43 bits per heavy atom. The maximum Gasteiger partial charge on any atom is 0 e. The molecule has 40 valence electrons. The van der Waals surface area contributed by atoms with Crippen LogP contribution in [0.5, 0.6) is 0 Å². The van der Waals surface area contributed by atoms with Crippen molar-refractivity contribution < 1.29 is 17.4 Å². The molecule has 0 fully saturated rings. The molecule has 0 amide bonds. The molecule has 0 nitrogen and oxygen atoms in total. The predicted molar refractivity (Wildman–Crippen MR) is 33.1 cm³/mol. The minimum Gasteiger partial charge on any atom is -0.214 e. The fraction of sp³-hybridized carbons (Fsp3) is 0. The van der Waals surface area contributed by atoms with Crippen LogP contribution in [0.2, 0.25) is 0 Å². The van der Waals surface area contributed by atoms with E-state index in [0.717, 1.165) is 0 Å². The second kappa shape index (κ2) is 6.31. The van der Waals surface area contributed by atoms with Gasteiger partial charge in [-0.2, -0.15) is 28.1 Å². The average Bonchev–Trinajstić information content (AvgIpc) is 1.76. The van der Waals surface area contributed by atoms with Gasteiger partial charge in [0, 0.05) is 17.4 Å². The van der Waals surface area contributed by atoms with E-state index in [2.05, 4.69) is 0 Å². The molecule has 0 aliphatic rings. The Bertz CT molecular complexity index is 64.6. The van der Waals surface area contributed by atoms with Gasteiger partial charge >= 0.3 is 0 Å². The minimum absolute atomic E-state index is 0. The van der Waals surface area contributed by atoms with Gasteiger partial charge in [0.2, 0.25) is 0 Å². The zero-order valence-corrected chi connectivity index (χ0v) is 6.69. The third-order valence-electron chi connectivity index (χ3n) is 0.556. The molecule has 1 aromatic carbocycles. The molecular formula is C5H8CrP-. The van der Waals surface area contributed by atoms with E-state index >= 15 is 0 Å². The van der Waals surface area contributed by atoms with Crippen LogP contribution in [0.1, 0.15) is 0 Å². The first-order valence-electron chi connectivity index (χ1n) is 1.67. The Balaban J connectivity index is 0. The molecule has 0 aromatic heterocycles. The summed E-state index contributed by atoms with van der Waals surface area (Å²) in [6.45, 7) is 0. The monoisotopic (exact) mass is 151 g/mol. The van der Waals surface area contributed by atoms with Crippen molar-refractivity contribution in [3.8, 4) is 0 Å². The molecule has 0 saturated carbocycles. The van der Waals surface area contributed by atoms with Crippen molar-refractivity contribution in [1.82, 2.24) is 0 Å². The molecule has 1 aromatic rings. The van der Waals surface area contributed by atoms with E-state index in [1.165, 1.54) is 0 Å². The summed E-state index contributed by atoms with van der Waals surface area (Å²) in [6, 6.07) is 10.0. The summed E-state index contributed by atoms with van der Waals surface area (Å²) in [6.07, 6.45) is 0. The Labute approximate surface area is 58.0 Å². The van der Waals surface area contributed by atoms with Gasteiger partial charge < -0.3 is 0 Å². The van der Waals surface area contributed by atoms with Gasteiger partial charge in [-0.15, -0.1) is 0 Å². The summed E-state index contributed by atoms with van der Waals surface area (Å²) in [5.74, 6) is 0. The molecule has 2 heteroatoms. The third-order valence-corrected chi connectivity index (χ3v) is 0.556. The maximum absolute atomic E-state index is 2.00. The fourth-order valence-corrected chi connectivity index (χ4v) is 0.321. The van der Waals surface area contributed by atoms with E-state index < -0.39 is 0 Å². The first-order chi connectivity index (χ1) is 2.50. The van der Waals surface area contributed by atoms with E-state index in [9.17, 15) is 0 Å². The van der Waals surface area contributed by atoms with Crippen LogP contribution in [0, 0.1) is 0 Å². The van der Waals surface area contributed by atoms with Crippen LogP contribution in [0.4, 0.5) is 0 Å². The maximum atomic E-state index is 2.00. The van der Waals surface area contributed by atoms with Crippen LogP contribution in [0.15, 0.2) is 30.3 Å². The SMILES string of the molecule is P.[Cr].c1cc[cH-]c1. The van der Waals surface area contributed by atoms with E-state index in [-0.39, 0.29) is 27.3 Å². The molecule has 0 spiro atoms. The van der Waals surface area contributed by atoms with Gasteiger partial charge in [-0.05, 0) is 0 Å². The summed E-state index contributed by atoms with van der Waals surface area (Å²) in [4.78, 5) is 0. The van der Waals surface area contributed by atoms with Crippen LogP contribution in [-0.2, 0) is 17.4 Å². The van der Waals surface area contributed by atoms with Crippen molar-refractivity contribution in [2.24, 2.45) is 0 Å². The molecule has 0 aliphatic heterocycles. The summed E-state index contributed by atoms with van der Waals surface area (Å²) in [5.41, 5.74) is 0. The Morgan fingerprint density at radius 3 is 1.57 bits per heavy atom. The van der Waals surface area contributed by atoms with E-state index in [0.29, 0.717) is 0 Å². The smallest absolute Gasteiger partial charge is 0 e. The topological polar surface area (TPSA) is 0 Å². The van der Waals surface area contributed by atoms with Gasteiger partial charge in [0.15, 0.2) is 0 Å². The van der Waals surface area contributed by atoms with Crippen molar-refractivity contribution in [2.45, 2.75) is 0 Å². The average molecular weight is 151 g/mol. The quantitative estimate of drug-likeness (QED) is 0.389. The number of hydrogen-bond acceptors (Lipinski definition) is 0. The second-order valence-electron chi connectivity index (χ2n) is 0.962. The number of rotatable bonds is 0. The van der Waals surface area contributed by atoms with Gasteiger partial charge in [-0.25, -0.2) is 12.1 Å². The minimum atomic E-state index is 0. The zero-order chi connectivity index (χ0) is 3.54. The van der Waals surface area contributed by atoms with Crippen molar-refractivity contribution in [2.75, 3.05) is 0 Å². The normalized spacial score (nSPS) is 5.71. The van der Waals surface area contributed by atoms with Crippen LogP contribution in [0.3, 0.4) is 0 Å². The largest absolute Gasteiger partial charge is 0.214 e.